The quantitative estimate of drug-likeness (QED) is 0.728. The van der Waals surface area contributed by atoms with Gasteiger partial charge in [-0.05, 0) is 49.8 Å². The summed E-state index contributed by atoms with van der Waals surface area (Å²) in [5.74, 6) is -0.263. The molecule has 14 heavy (non-hydrogen) atoms. The summed E-state index contributed by atoms with van der Waals surface area (Å²) in [6, 6.07) is 3.42. The maximum atomic E-state index is 13.5. The van der Waals surface area contributed by atoms with E-state index in [-0.39, 0.29) is 5.82 Å². The molecule has 1 atom stereocenters. The maximum absolute atomic E-state index is 13.5. The number of aliphatic hydroxyl groups is 1. The first kappa shape index (κ1) is 9.66. The molecule has 0 aromatic heterocycles. The van der Waals surface area contributed by atoms with Crippen molar-refractivity contribution in [3.05, 3.63) is 34.6 Å². The minimum Gasteiger partial charge on any atom is -0.389 e. The van der Waals surface area contributed by atoms with Crippen LogP contribution in [0.3, 0.4) is 0 Å². The first-order chi connectivity index (χ1) is 6.68. The van der Waals surface area contributed by atoms with Crippen LogP contribution in [-0.4, -0.2) is 5.11 Å². The minimum atomic E-state index is -0.706. The van der Waals surface area contributed by atoms with Gasteiger partial charge >= 0.3 is 0 Å². The van der Waals surface area contributed by atoms with Crippen molar-refractivity contribution in [3.8, 4) is 0 Å². The maximum Gasteiger partial charge on any atom is 0.129 e. The van der Waals surface area contributed by atoms with E-state index in [9.17, 15) is 9.50 Å². The molecule has 0 spiro atoms. The molecule has 1 N–H and O–H groups in total. The molecular formula is C12H15FO. The Hall–Kier alpha value is -0.890. The molecule has 1 aromatic carbocycles. The van der Waals surface area contributed by atoms with Crippen molar-refractivity contribution in [1.29, 1.82) is 0 Å². The molecule has 1 nitrogen and oxygen atoms in total. The van der Waals surface area contributed by atoms with E-state index in [4.69, 9.17) is 0 Å². The van der Waals surface area contributed by atoms with Crippen LogP contribution in [0.2, 0.25) is 0 Å². The van der Waals surface area contributed by atoms with Crippen LogP contribution in [0.4, 0.5) is 4.39 Å². The molecule has 2 heteroatoms. The molecule has 0 bridgehead atoms. The molecule has 0 fully saturated rings. The van der Waals surface area contributed by atoms with Crippen molar-refractivity contribution in [2.75, 3.05) is 0 Å². The van der Waals surface area contributed by atoms with Crippen LogP contribution in [0.1, 0.15) is 42.6 Å². The standard InChI is InChI=1S/C12H15FO/c1-8(14)11-6-9-4-2-3-5-10(9)7-12(11)13/h6-8,14H,2-5H2,1H3. The van der Waals surface area contributed by atoms with Gasteiger partial charge in [0.1, 0.15) is 5.82 Å². The highest BCUT2D eigenvalue weighted by Gasteiger charge is 2.15. The number of aryl methyl sites for hydroxylation is 2. The molecule has 0 saturated heterocycles. The van der Waals surface area contributed by atoms with Crippen molar-refractivity contribution in [3.63, 3.8) is 0 Å². The van der Waals surface area contributed by atoms with Gasteiger partial charge in [-0.25, -0.2) is 4.39 Å². The number of fused-ring (bicyclic) bond motifs is 1. The third-order valence-electron chi connectivity index (χ3n) is 2.91. The summed E-state index contributed by atoms with van der Waals surface area (Å²) in [4.78, 5) is 0. The number of hydrogen-bond acceptors (Lipinski definition) is 1. The minimum absolute atomic E-state index is 0.263. The molecule has 0 amide bonds. The summed E-state index contributed by atoms with van der Waals surface area (Å²) in [5.41, 5.74) is 2.78. The van der Waals surface area contributed by atoms with Crippen LogP contribution in [0.15, 0.2) is 12.1 Å². The van der Waals surface area contributed by atoms with Crippen LogP contribution in [0.5, 0.6) is 0 Å². The van der Waals surface area contributed by atoms with Gasteiger partial charge in [0.15, 0.2) is 0 Å². The molecule has 2 rings (SSSR count). The van der Waals surface area contributed by atoms with Gasteiger partial charge in [0.2, 0.25) is 0 Å². The van der Waals surface area contributed by atoms with E-state index < -0.39 is 6.10 Å². The van der Waals surface area contributed by atoms with Gasteiger partial charge in [-0.2, -0.15) is 0 Å². The van der Waals surface area contributed by atoms with Gasteiger partial charge in [0.25, 0.3) is 0 Å². The van der Waals surface area contributed by atoms with Crippen LogP contribution < -0.4 is 0 Å². The molecule has 76 valence electrons. The predicted octanol–water partition coefficient (Wildman–Crippen LogP) is 2.76. The molecule has 1 aliphatic rings. The summed E-state index contributed by atoms with van der Waals surface area (Å²) < 4.78 is 13.5. The van der Waals surface area contributed by atoms with E-state index in [2.05, 4.69) is 0 Å². The second-order valence-corrected chi connectivity index (χ2v) is 4.03. The Morgan fingerprint density at radius 2 is 1.79 bits per heavy atom. The smallest absolute Gasteiger partial charge is 0.129 e. The van der Waals surface area contributed by atoms with Crippen molar-refractivity contribution in [2.24, 2.45) is 0 Å². The highest BCUT2D eigenvalue weighted by Crippen LogP contribution is 2.26. The third-order valence-corrected chi connectivity index (χ3v) is 2.91. The van der Waals surface area contributed by atoms with Gasteiger partial charge in [-0.15, -0.1) is 0 Å². The Bertz CT molecular complexity index is 344. The lowest BCUT2D eigenvalue weighted by Gasteiger charge is -2.18. The lowest BCUT2D eigenvalue weighted by molar-refractivity contribution is 0.194. The number of hydrogen-bond donors (Lipinski definition) is 1. The summed E-state index contributed by atoms with van der Waals surface area (Å²) in [6.45, 7) is 1.60. The topological polar surface area (TPSA) is 20.2 Å². The van der Waals surface area contributed by atoms with Crippen molar-refractivity contribution in [2.45, 2.75) is 38.7 Å². The fraction of sp³-hybridized carbons (Fsp3) is 0.500. The largest absolute Gasteiger partial charge is 0.389 e. The summed E-state index contributed by atoms with van der Waals surface area (Å²) in [5, 5.41) is 9.37. The number of benzene rings is 1. The predicted molar refractivity (Wildman–Crippen MR) is 53.7 cm³/mol. The van der Waals surface area contributed by atoms with Crippen LogP contribution >= 0.6 is 0 Å². The average Bonchev–Trinajstić information content (AvgIpc) is 2.16. The Morgan fingerprint density at radius 1 is 1.21 bits per heavy atom. The van der Waals surface area contributed by atoms with Gasteiger partial charge in [0.05, 0.1) is 6.10 Å². The fourth-order valence-electron chi connectivity index (χ4n) is 2.09. The van der Waals surface area contributed by atoms with E-state index in [0.29, 0.717) is 5.56 Å². The molecule has 1 aromatic rings. The van der Waals surface area contributed by atoms with Crippen LogP contribution in [0.25, 0.3) is 0 Å². The summed E-state index contributed by atoms with van der Waals surface area (Å²) in [6.07, 6.45) is 3.63. The van der Waals surface area contributed by atoms with Gasteiger partial charge in [-0.3, -0.25) is 0 Å². The Labute approximate surface area is 83.6 Å². The van der Waals surface area contributed by atoms with E-state index in [1.54, 1.807) is 13.0 Å². The van der Waals surface area contributed by atoms with Gasteiger partial charge in [0, 0.05) is 5.56 Å². The Kier molecular flexibility index (Phi) is 2.55. The Morgan fingerprint density at radius 3 is 2.36 bits per heavy atom. The molecule has 1 aliphatic carbocycles. The molecule has 0 aliphatic heterocycles. The van der Waals surface area contributed by atoms with Crippen LogP contribution in [-0.2, 0) is 12.8 Å². The molecule has 0 saturated carbocycles. The zero-order valence-electron chi connectivity index (χ0n) is 8.39. The molecule has 0 radical (unpaired) electrons. The van der Waals surface area contributed by atoms with Crippen molar-refractivity contribution < 1.29 is 9.50 Å². The van der Waals surface area contributed by atoms with Gasteiger partial charge < -0.3 is 5.11 Å². The average molecular weight is 194 g/mol. The zero-order valence-corrected chi connectivity index (χ0v) is 8.39. The SMILES string of the molecule is CC(O)c1cc2c(cc1F)CCCC2. The second-order valence-electron chi connectivity index (χ2n) is 4.03. The second kappa shape index (κ2) is 3.70. The monoisotopic (exact) mass is 194 g/mol. The Balaban J connectivity index is 2.45. The van der Waals surface area contributed by atoms with Crippen molar-refractivity contribution >= 4 is 0 Å². The van der Waals surface area contributed by atoms with Crippen LogP contribution in [0, 0.1) is 5.82 Å². The molecular weight excluding hydrogens is 179 g/mol. The normalized spacial score (nSPS) is 17.6. The lowest BCUT2D eigenvalue weighted by atomic mass is 9.89. The van der Waals surface area contributed by atoms with Gasteiger partial charge in [-0.1, -0.05) is 6.07 Å². The van der Waals surface area contributed by atoms with E-state index in [1.165, 1.54) is 12.0 Å². The molecule has 0 heterocycles. The number of aliphatic hydroxyl groups excluding tert-OH is 1. The van der Waals surface area contributed by atoms with E-state index in [0.717, 1.165) is 24.8 Å². The van der Waals surface area contributed by atoms with Crippen molar-refractivity contribution in [1.82, 2.24) is 0 Å². The highest BCUT2D eigenvalue weighted by atomic mass is 19.1. The van der Waals surface area contributed by atoms with E-state index in [1.807, 2.05) is 6.07 Å². The summed E-state index contributed by atoms with van der Waals surface area (Å²) in [7, 11) is 0. The third kappa shape index (κ3) is 1.67. The number of halogens is 1. The zero-order chi connectivity index (χ0) is 10.1. The number of rotatable bonds is 1. The highest BCUT2D eigenvalue weighted by molar-refractivity contribution is 5.35. The first-order valence-electron chi connectivity index (χ1n) is 5.18. The van der Waals surface area contributed by atoms with E-state index >= 15 is 0 Å². The summed E-state index contributed by atoms with van der Waals surface area (Å²) >= 11 is 0. The first-order valence-corrected chi connectivity index (χ1v) is 5.18. The molecule has 1 unspecified atom stereocenters. The fourth-order valence-corrected chi connectivity index (χ4v) is 2.09. The lowest BCUT2D eigenvalue weighted by Crippen LogP contribution is -2.06.